The highest BCUT2D eigenvalue weighted by atomic mass is 35.5. The summed E-state index contributed by atoms with van der Waals surface area (Å²) in [6, 6.07) is 3.52. The van der Waals surface area contributed by atoms with E-state index in [1.54, 1.807) is 0 Å². The Bertz CT molecular complexity index is 537. The number of carbonyl (C=O) groups excluding carboxylic acids is 1. The van der Waals surface area contributed by atoms with Gasteiger partial charge in [0.05, 0.1) is 11.3 Å². The lowest BCUT2D eigenvalue weighted by molar-refractivity contribution is -0.136. The minimum atomic E-state index is -4.49. The highest BCUT2D eigenvalue weighted by Gasteiger charge is 2.34. The van der Waals surface area contributed by atoms with E-state index in [0.29, 0.717) is 25.0 Å². The van der Waals surface area contributed by atoms with E-state index in [1.165, 1.54) is 18.2 Å². The number of alkyl halides is 3. The van der Waals surface area contributed by atoms with Crippen LogP contribution in [0.15, 0.2) is 30.0 Å². The Morgan fingerprint density at radius 3 is 2.58 bits per heavy atom. The van der Waals surface area contributed by atoms with Crippen molar-refractivity contribution in [2.75, 3.05) is 5.32 Å². The molecule has 19 heavy (non-hydrogen) atoms. The fraction of sp³-hybridized carbons (Fsp3) is 0.308. The van der Waals surface area contributed by atoms with Crippen molar-refractivity contribution in [1.82, 2.24) is 0 Å². The van der Waals surface area contributed by atoms with Gasteiger partial charge in [0.2, 0.25) is 0 Å². The highest BCUT2D eigenvalue weighted by Crippen LogP contribution is 2.37. The smallest absolute Gasteiger partial charge is 0.358 e. The summed E-state index contributed by atoms with van der Waals surface area (Å²) < 4.78 is 38.6. The van der Waals surface area contributed by atoms with Crippen LogP contribution < -0.4 is 5.32 Å². The summed E-state index contributed by atoms with van der Waals surface area (Å²) in [5, 5.41) is 2.70. The molecule has 1 aliphatic carbocycles. The van der Waals surface area contributed by atoms with Crippen LogP contribution in [0.5, 0.6) is 0 Å². The second kappa shape index (κ2) is 5.25. The SMILES string of the molecule is O=C1C=C(Nc2ccc(Cl)cc2C(F)(F)F)CCC1. The molecule has 0 atom stereocenters. The van der Waals surface area contributed by atoms with Crippen molar-refractivity contribution >= 4 is 23.1 Å². The van der Waals surface area contributed by atoms with Gasteiger partial charge in [-0.3, -0.25) is 4.79 Å². The van der Waals surface area contributed by atoms with E-state index in [1.807, 2.05) is 0 Å². The number of carbonyl (C=O) groups is 1. The Morgan fingerprint density at radius 1 is 1.21 bits per heavy atom. The normalized spacial score (nSPS) is 16.2. The molecule has 0 aromatic heterocycles. The van der Waals surface area contributed by atoms with Crippen molar-refractivity contribution in [2.45, 2.75) is 25.4 Å². The molecule has 0 bridgehead atoms. The molecule has 0 spiro atoms. The first-order valence-corrected chi connectivity index (χ1v) is 6.11. The van der Waals surface area contributed by atoms with Crippen LogP contribution in [0, 0.1) is 0 Å². The number of hydrogen-bond donors (Lipinski definition) is 1. The molecule has 0 radical (unpaired) electrons. The summed E-state index contributed by atoms with van der Waals surface area (Å²) in [5.74, 6) is -0.0729. The Morgan fingerprint density at radius 2 is 1.95 bits per heavy atom. The van der Waals surface area contributed by atoms with Crippen molar-refractivity contribution in [2.24, 2.45) is 0 Å². The maximum Gasteiger partial charge on any atom is 0.418 e. The number of rotatable bonds is 2. The lowest BCUT2D eigenvalue weighted by atomic mass is 10.0. The zero-order valence-corrected chi connectivity index (χ0v) is 10.6. The minimum Gasteiger partial charge on any atom is -0.358 e. The lowest BCUT2D eigenvalue weighted by Gasteiger charge is -2.18. The number of allylic oxidation sites excluding steroid dienone is 2. The average Bonchev–Trinajstić information content (AvgIpc) is 2.30. The fourth-order valence-electron chi connectivity index (χ4n) is 1.92. The second-order valence-electron chi connectivity index (χ2n) is 4.30. The first-order valence-electron chi connectivity index (χ1n) is 5.73. The summed E-state index contributed by atoms with van der Waals surface area (Å²) in [6.07, 6.45) is -1.49. The summed E-state index contributed by atoms with van der Waals surface area (Å²) >= 11 is 5.59. The first kappa shape index (κ1) is 13.9. The van der Waals surface area contributed by atoms with Gasteiger partial charge in [-0.05, 0) is 31.0 Å². The summed E-state index contributed by atoms with van der Waals surface area (Å²) in [5.41, 5.74) is -0.416. The molecule has 0 unspecified atom stereocenters. The molecule has 1 N–H and O–H groups in total. The molecule has 0 saturated heterocycles. The summed E-state index contributed by atoms with van der Waals surface area (Å²) in [7, 11) is 0. The average molecular weight is 290 g/mol. The van der Waals surface area contributed by atoms with Crippen molar-refractivity contribution in [3.05, 3.63) is 40.6 Å². The van der Waals surface area contributed by atoms with E-state index in [0.717, 1.165) is 6.07 Å². The van der Waals surface area contributed by atoms with E-state index < -0.39 is 11.7 Å². The van der Waals surface area contributed by atoms with Gasteiger partial charge in [0, 0.05) is 23.2 Å². The standard InChI is InChI=1S/C13H11ClF3NO/c14-8-4-5-12(11(6-8)13(15,16)17)18-9-2-1-3-10(19)7-9/h4-7,18H,1-3H2. The van der Waals surface area contributed by atoms with Gasteiger partial charge in [0.1, 0.15) is 0 Å². The molecule has 102 valence electrons. The zero-order chi connectivity index (χ0) is 14.0. The van der Waals surface area contributed by atoms with E-state index in [4.69, 9.17) is 11.6 Å². The van der Waals surface area contributed by atoms with Gasteiger partial charge >= 0.3 is 6.18 Å². The van der Waals surface area contributed by atoms with Crippen molar-refractivity contribution in [3.8, 4) is 0 Å². The molecule has 2 nitrogen and oxygen atoms in total. The van der Waals surface area contributed by atoms with Crippen LogP contribution in [-0.2, 0) is 11.0 Å². The maximum atomic E-state index is 12.9. The van der Waals surface area contributed by atoms with Gasteiger partial charge in [-0.25, -0.2) is 0 Å². The monoisotopic (exact) mass is 289 g/mol. The molecule has 1 aromatic carbocycles. The quantitative estimate of drug-likeness (QED) is 0.874. The van der Waals surface area contributed by atoms with Crippen LogP contribution >= 0.6 is 11.6 Å². The fourth-order valence-corrected chi connectivity index (χ4v) is 2.10. The Kier molecular flexibility index (Phi) is 3.85. The minimum absolute atomic E-state index is 0.0200. The van der Waals surface area contributed by atoms with Crippen LogP contribution in [0.2, 0.25) is 5.02 Å². The number of nitrogens with one attached hydrogen (secondary N) is 1. The third-order valence-corrected chi connectivity index (χ3v) is 3.02. The van der Waals surface area contributed by atoms with E-state index >= 15 is 0 Å². The predicted octanol–water partition coefficient (Wildman–Crippen LogP) is 4.41. The van der Waals surface area contributed by atoms with Crippen LogP contribution in [0.4, 0.5) is 18.9 Å². The molecular weight excluding hydrogens is 279 g/mol. The first-order chi connectivity index (χ1) is 8.86. The Balaban J connectivity index is 2.32. The third-order valence-electron chi connectivity index (χ3n) is 2.79. The van der Waals surface area contributed by atoms with Gasteiger partial charge in [-0.15, -0.1) is 0 Å². The van der Waals surface area contributed by atoms with Gasteiger partial charge in [-0.1, -0.05) is 11.6 Å². The number of benzene rings is 1. The molecular formula is C13H11ClF3NO. The van der Waals surface area contributed by atoms with Gasteiger partial charge in [0.15, 0.2) is 5.78 Å². The van der Waals surface area contributed by atoms with Crippen LogP contribution in [-0.4, -0.2) is 5.78 Å². The molecule has 0 saturated carbocycles. The number of anilines is 1. The molecule has 2 rings (SSSR count). The van der Waals surface area contributed by atoms with E-state index in [9.17, 15) is 18.0 Å². The lowest BCUT2D eigenvalue weighted by Crippen LogP contribution is -2.13. The van der Waals surface area contributed by atoms with E-state index in [2.05, 4.69) is 5.32 Å². The largest absolute Gasteiger partial charge is 0.418 e. The molecule has 6 heteroatoms. The van der Waals surface area contributed by atoms with Crippen molar-refractivity contribution < 1.29 is 18.0 Å². The number of hydrogen-bond acceptors (Lipinski definition) is 2. The topological polar surface area (TPSA) is 29.1 Å². The molecule has 0 amide bonds. The molecule has 1 aliphatic rings. The predicted molar refractivity (Wildman–Crippen MR) is 67.0 cm³/mol. The summed E-state index contributed by atoms with van der Waals surface area (Å²) in [6.45, 7) is 0. The van der Waals surface area contributed by atoms with E-state index in [-0.39, 0.29) is 16.5 Å². The maximum absolute atomic E-state index is 12.9. The van der Waals surface area contributed by atoms with Gasteiger partial charge in [0.25, 0.3) is 0 Å². The third kappa shape index (κ3) is 3.50. The molecule has 1 aromatic rings. The van der Waals surface area contributed by atoms with Crippen LogP contribution in [0.25, 0.3) is 0 Å². The molecule has 0 fully saturated rings. The highest BCUT2D eigenvalue weighted by molar-refractivity contribution is 6.30. The zero-order valence-electron chi connectivity index (χ0n) is 9.85. The Hall–Kier alpha value is -1.49. The van der Waals surface area contributed by atoms with Crippen LogP contribution in [0.3, 0.4) is 0 Å². The summed E-state index contributed by atoms with van der Waals surface area (Å²) in [4.78, 5) is 11.2. The number of ketones is 1. The second-order valence-corrected chi connectivity index (χ2v) is 4.74. The molecule has 0 heterocycles. The number of halogens is 4. The van der Waals surface area contributed by atoms with Crippen LogP contribution in [0.1, 0.15) is 24.8 Å². The van der Waals surface area contributed by atoms with Gasteiger partial charge in [-0.2, -0.15) is 13.2 Å². The van der Waals surface area contributed by atoms with Crippen molar-refractivity contribution in [1.29, 1.82) is 0 Å². The van der Waals surface area contributed by atoms with Gasteiger partial charge < -0.3 is 5.32 Å². The molecule has 0 aliphatic heterocycles. The van der Waals surface area contributed by atoms with Crippen molar-refractivity contribution in [3.63, 3.8) is 0 Å². The Labute approximate surface area is 113 Å².